The second-order valence-electron chi connectivity index (χ2n) is 3.92. The lowest BCUT2D eigenvalue weighted by Crippen LogP contribution is -2.16. The zero-order valence-corrected chi connectivity index (χ0v) is 9.48. The topological polar surface area (TPSA) is 45.0 Å². The first-order valence-electron chi connectivity index (χ1n) is 5.42. The third-order valence-corrected chi connectivity index (χ3v) is 2.68. The van der Waals surface area contributed by atoms with Crippen LogP contribution in [0.1, 0.15) is 11.3 Å². The van der Waals surface area contributed by atoms with Gasteiger partial charge in [-0.25, -0.2) is 0 Å². The van der Waals surface area contributed by atoms with Gasteiger partial charge in [0.2, 0.25) is 0 Å². The number of benzene rings is 1. The van der Waals surface area contributed by atoms with Crippen molar-refractivity contribution in [2.75, 3.05) is 11.9 Å². The van der Waals surface area contributed by atoms with Crippen LogP contribution in [-0.4, -0.2) is 12.0 Å². The van der Waals surface area contributed by atoms with Crippen molar-refractivity contribution in [2.24, 2.45) is 5.73 Å². The first kappa shape index (κ1) is 10.8. The Morgan fingerprint density at radius 2 is 1.94 bits per heavy atom. The summed E-state index contributed by atoms with van der Waals surface area (Å²) in [6.07, 6.45) is 1.95. The third-order valence-electron chi connectivity index (χ3n) is 2.68. The van der Waals surface area contributed by atoms with E-state index in [9.17, 15) is 0 Å². The van der Waals surface area contributed by atoms with Gasteiger partial charge in [-0.15, -0.1) is 0 Å². The Morgan fingerprint density at radius 3 is 2.50 bits per heavy atom. The molecule has 0 aliphatic carbocycles. The Kier molecular flexibility index (Phi) is 3.27. The van der Waals surface area contributed by atoms with Crippen molar-refractivity contribution in [1.29, 1.82) is 0 Å². The van der Waals surface area contributed by atoms with Gasteiger partial charge >= 0.3 is 0 Å². The van der Waals surface area contributed by atoms with Crippen molar-refractivity contribution in [3.63, 3.8) is 0 Å². The van der Waals surface area contributed by atoms with E-state index in [1.165, 1.54) is 11.4 Å². The fourth-order valence-electron chi connectivity index (χ4n) is 1.70. The lowest BCUT2D eigenvalue weighted by atomic mass is 10.2. The maximum absolute atomic E-state index is 5.57. The number of nitrogens with one attached hydrogen (secondary N) is 1. The van der Waals surface area contributed by atoms with Crippen LogP contribution in [0.5, 0.6) is 0 Å². The summed E-state index contributed by atoms with van der Waals surface area (Å²) in [4.78, 5) is 5.40. The molecule has 0 spiro atoms. The summed E-state index contributed by atoms with van der Waals surface area (Å²) in [6.45, 7) is 1.48. The van der Waals surface area contributed by atoms with Crippen LogP contribution in [0, 0.1) is 0 Å². The highest BCUT2D eigenvalue weighted by molar-refractivity contribution is 5.47. The molecule has 2 aromatic rings. The highest BCUT2D eigenvalue weighted by atomic mass is 15.1. The van der Waals surface area contributed by atoms with Gasteiger partial charge in [-0.2, -0.15) is 0 Å². The van der Waals surface area contributed by atoms with Crippen molar-refractivity contribution >= 4 is 5.69 Å². The molecule has 0 bridgehead atoms. The Hall–Kier alpha value is -1.74. The summed E-state index contributed by atoms with van der Waals surface area (Å²) >= 11 is 0. The van der Waals surface area contributed by atoms with Crippen LogP contribution in [0.4, 0.5) is 5.69 Å². The molecule has 0 aliphatic rings. The molecule has 0 unspecified atom stereocenters. The fraction of sp³-hybridized carbons (Fsp3) is 0.231. The van der Waals surface area contributed by atoms with E-state index in [0.29, 0.717) is 6.54 Å². The summed E-state index contributed by atoms with van der Waals surface area (Å²) < 4.78 is 0. The van der Waals surface area contributed by atoms with E-state index in [-0.39, 0.29) is 0 Å². The maximum Gasteiger partial charge on any atom is 0.0576 e. The molecule has 0 saturated carbocycles. The van der Waals surface area contributed by atoms with Crippen molar-refractivity contribution < 1.29 is 0 Å². The van der Waals surface area contributed by atoms with E-state index in [1.807, 2.05) is 12.3 Å². The van der Waals surface area contributed by atoms with Crippen LogP contribution >= 0.6 is 0 Å². The van der Waals surface area contributed by atoms with Crippen LogP contribution in [0.15, 0.2) is 42.6 Å². The zero-order chi connectivity index (χ0) is 11.4. The minimum atomic E-state index is 0.598. The van der Waals surface area contributed by atoms with Crippen LogP contribution < -0.4 is 10.6 Å². The zero-order valence-electron chi connectivity index (χ0n) is 9.48. The largest absolute Gasteiger partial charge is 0.369 e. The van der Waals surface area contributed by atoms with E-state index in [2.05, 4.69) is 47.3 Å². The Bertz CT molecular complexity index is 417. The highest BCUT2D eigenvalue weighted by Gasteiger charge is 2.02. The Morgan fingerprint density at radius 1 is 1.19 bits per heavy atom. The normalized spacial score (nSPS) is 10.4. The van der Waals surface area contributed by atoms with Crippen LogP contribution in [0.3, 0.4) is 0 Å². The molecule has 16 heavy (non-hydrogen) atoms. The molecular formula is C13H17N3. The molecule has 3 N–H and O–H groups in total. The smallest absolute Gasteiger partial charge is 0.0576 e. The Balaban J connectivity index is 2.05. The van der Waals surface area contributed by atoms with E-state index in [0.717, 1.165) is 12.1 Å². The van der Waals surface area contributed by atoms with Gasteiger partial charge in [-0.3, -0.25) is 0 Å². The molecule has 3 heteroatoms. The van der Waals surface area contributed by atoms with Gasteiger partial charge in [0.1, 0.15) is 0 Å². The molecule has 84 valence electrons. The van der Waals surface area contributed by atoms with Gasteiger partial charge < -0.3 is 15.6 Å². The van der Waals surface area contributed by atoms with Gasteiger partial charge in [0, 0.05) is 31.2 Å². The molecule has 2 rings (SSSR count). The maximum atomic E-state index is 5.57. The van der Waals surface area contributed by atoms with E-state index in [1.54, 1.807) is 0 Å². The minimum absolute atomic E-state index is 0.598. The number of anilines is 1. The molecule has 0 fully saturated rings. The lowest BCUT2D eigenvalue weighted by molar-refractivity contribution is 0.893. The number of rotatable bonds is 4. The predicted molar refractivity (Wildman–Crippen MR) is 67.2 cm³/mol. The van der Waals surface area contributed by atoms with Crippen LogP contribution in [-0.2, 0) is 13.1 Å². The molecule has 1 aromatic carbocycles. The van der Waals surface area contributed by atoms with Crippen LogP contribution in [0.25, 0.3) is 0 Å². The number of hydrogen-bond donors (Lipinski definition) is 2. The second-order valence-corrected chi connectivity index (χ2v) is 3.92. The molecule has 3 nitrogen and oxygen atoms in total. The molecule has 1 aromatic heterocycles. The molecule has 0 radical (unpaired) electrons. The third kappa shape index (κ3) is 2.44. The van der Waals surface area contributed by atoms with Crippen molar-refractivity contribution in [1.82, 2.24) is 4.98 Å². The summed E-state index contributed by atoms with van der Waals surface area (Å²) in [5.74, 6) is 0. The number of H-pyrrole nitrogens is 1. The number of nitrogens with two attached hydrogens (primary N) is 1. The van der Waals surface area contributed by atoms with Gasteiger partial charge in [-0.05, 0) is 29.8 Å². The predicted octanol–water partition coefficient (Wildman–Crippen LogP) is 2.11. The number of hydrogen-bond acceptors (Lipinski definition) is 2. The van der Waals surface area contributed by atoms with Crippen molar-refractivity contribution in [2.45, 2.75) is 13.1 Å². The lowest BCUT2D eigenvalue weighted by Gasteiger charge is -2.18. The fourth-order valence-corrected chi connectivity index (χ4v) is 1.70. The van der Waals surface area contributed by atoms with E-state index < -0.39 is 0 Å². The number of aromatic amines is 1. The molecule has 0 atom stereocenters. The molecular weight excluding hydrogens is 198 g/mol. The summed E-state index contributed by atoms with van der Waals surface area (Å²) in [5, 5.41) is 0. The average Bonchev–Trinajstić information content (AvgIpc) is 2.82. The molecule has 0 saturated heterocycles. The molecule has 0 aliphatic heterocycles. The summed E-state index contributed by atoms with van der Waals surface area (Å²) in [7, 11) is 2.08. The number of nitrogens with zero attached hydrogens (tertiary/aromatic N) is 1. The van der Waals surface area contributed by atoms with Crippen molar-refractivity contribution in [3.05, 3.63) is 53.9 Å². The molecule has 1 heterocycles. The van der Waals surface area contributed by atoms with E-state index in [4.69, 9.17) is 5.73 Å². The summed E-state index contributed by atoms with van der Waals surface area (Å²) in [6, 6.07) is 12.4. The SMILES string of the molecule is CN(Cc1ccc[nH]1)c1ccc(CN)cc1. The standard InChI is InChI=1S/C13H17N3/c1-16(10-12-3-2-8-15-12)13-6-4-11(9-14)5-7-13/h2-8,15H,9-10,14H2,1H3. The number of aromatic nitrogens is 1. The average molecular weight is 215 g/mol. The highest BCUT2D eigenvalue weighted by Crippen LogP contribution is 2.15. The van der Waals surface area contributed by atoms with Gasteiger partial charge in [0.05, 0.1) is 6.54 Å². The first-order valence-corrected chi connectivity index (χ1v) is 5.42. The monoisotopic (exact) mass is 215 g/mol. The van der Waals surface area contributed by atoms with Gasteiger partial charge in [-0.1, -0.05) is 12.1 Å². The quantitative estimate of drug-likeness (QED) is 0.820. The van der Waals surface area contributed by atoms with Crippen LogP contribution in [0.2, 0.25) is 0 Å². The van der Waals surface area contributed by atoms with E-state index >= 15 is 0 Å². The van der Waals surface area contributed by atoms with Gasteiger partial charge in [0.15, 0.2) is 0 Å². The molecule has 0 amide bonds. The Labute approximate surface area is 95.9 Å². The minimum Gasteiger partial charge on any atom is -0.369 e. The van der Waals surface area contributed by atoms with Crippen molar-refractivity contribution in [3.8, 4) is 0 Å². The first-order chi connectivity index (χ1) is 7.79. The summed E-state index contributed by atoms with van der Waals surface area (Å²) in [5.41, 5.74) is 9.15. The van der Waals surface area contributed by atoms with Gasteiger partial charge in [0.25, 0.3) is 0 Å². The second kappa shape index (κ2) is 4.86.